The van der Waals surface area contributed by atoms with Crippen LogP contribution in [0.25, 0.3) is 5.57 Å². The van der Waals surface area contributed by atoms with Gasteiger partial charge in [-0.15, -0.1) is 5.06 Å². The van der Waals surface area contributed by atoms with Crippen molar-refractivity contribution < 1.29 is 61.9 Å². The van der Waals surface area contributed by atoms with E-state index in [1.807, 2.05) is 0 Å². The van der Waals surface area contributed by atoms with Crippen LogP contribution in [0.15, 0.2) is 59.6 Å². The van der Waals surface area contributed by atoms with E-state index in [9.17, 15) is 33.4 Å². The number of hydrogen-bond donors (Lipinski definition) is 2. The molecule has 1 saturated heterocycles. The third-order valence-corrected chi connectivity index (χ3v) is 7.79. The lowest BCUT2D eigenvalue weighted by atomic mass is 9.86. The van der Waals surface area contributed by atoms with Gasteiger partial charge in [-0.1, -0.05) is 6.07 Å². The zero-order valence-electron chi connectivity index (χ0n) is 25.6. The van der Waals surface area contributed by atoms with Crippen molar-refractivity contribution >= 4 is 29.0 Å². The largest absolute Gasteiger partial charge is 0.505 e. The number of imide groups is 1. The number of phenolic OH excluding ortho intramolecular Hbond substituents is 1. The van der Waals surface area contributed by atoms with Crippen LogP contribution in [-0.4, -0.2) is 98.5 Å². The number of carbonyl (C=O) groups is 3. The fourth-order valence-electron chi connectivity index (χ4n) is 5.49. The number of hydroxylamine groups is 2. The molecule has 1 aliphatic carbocycles. The van der Waals surface area contributed by atoms with Gasteiger partial charge in [-0.05, 0) is 35.9 Å². The number of fused-ring (bicyclic) bond motifs is 3. The quantitative estimate of drug-likeness (QED) is 0.460. The number of aliphatic hydroxyl groups excluding tert-OH is 1. The van der Waals surface area contributed by atoms with E-state index in [0.29, 0.717) is 41.7 Å². The molecule has 4 aliphatic rings. The van der Waals surface area contributed by atoms with E-state index in [-0.39, 0.29) is 74.2 Å². The Labute approximate surface area is 273 Å². The zero-order chi connectivity index (χ0) is 33.8. The number of ether oxygens (including phenoxy) is 5. The van der Waals surface area contributed by atoms with Gasteiger partial charge < -0.3 is 43.6 Å². The van der Waals surface area contributed by atoms with Crippen LogP contribution in [0.5, 0.6) is 17.2 Å². The highest BCUT2D eigenvalue weighted by Gasteiger charge is 2.34. The molecular weight excluding hydrogens is 638 g/mol. The number of benzene rings is 2. The van der Waals surface area contributed by atoms with Crippen LogP contribution in [0.3, 0.4) is 0 Å². The maximum atomic E-state index is 14.7. The molecule has 15 heteroatoms. The van der Waals surface area contributed by atoms with Gasteiger partial charge in [-0.3, -0.25) is 9.59 Å². The van der Waals surface area contributed by atoms with Gasteiger partial charge in [-0.25, -0.2) is 13.6 Å². The van der Waals surface area contributed by atoms with E-state index in [1.165, 1.54) is 0 Å². The van der Waals surface area contributed by atoms with Crippen LogP contribution in [0.1, 0.15) is 24.0 Å². The zero-order valence-corrected chi connectivity index (χ0v) is 25.6. The molecule has 48 heavy (non-hydrogen) atoms. The molecule has 254 valence electrons. The van der Waals surface area contributed by atoms with E-state index in [2.05, 4.69) is 0 Å². The van der Waals surface area contributed by atoms with Crippen LogP contribution < -0.4 is 14.4 Å². The monoisotopic (exact) mass is 670 g/mol. The predicted octanol–water partition coefficient (Wildman–Crippen LogP) is 2.69. The second-order valence-electron chi connectivity index (χ2n) is 11.0. The Balaban J connectivity index is 1.41. The van der Waals surface area contributed by atoms with Crippen molar-refractivity contribution in [2.45, 2.75) is 18.9 Å². The highest BCUT2D eigenvalue weighted by atomic mass is 19.1. The van der Waals surface area contributed by atoms with Gasteiger partial charge >= 0.3 is 5.97 Å². The Morgan fingerprint density at radius 1 is 0.917 bits per heavy atom. The predicted molar refractivity (Wildman–Crippen MR) is 162 cm³/mol. The standard InChI is InChI=1S/C33H32F2N2O11/c34-22-14-20-27(16-25(22)38)47-28-17-26(39)23(35)15-21(28)33(20)19-1-2-24-29(13-19)46-12-11-45-10-9-44-8-7-43-6-5-36(24)18-32(42)48-37-30(40)3-4-31(37)41/h1-2,13-17,25,38-39H,3-12,18H2. The van der Waals surface area contributed by atoms with Crippen LogP contribution in [0.2, 0.25) is 0 Å². The molecule has 0 saturated carbocycles. The highest BCUT2D eigenvalue weighted by Crippen LogP contribution is 2.47. The number of rotatable bonds is 4. The van der Waals surface area contributed by atoms with Gasteiger partial charge in [0, 0.05) is 42.2 Å². The van der Waals surface area contributed by atoms with Crippen molar-refractivity contribution in [3.63, 3.8) is 0 Å². The minimum Gasteiger partial charge on any atom is -0.505 e. The molecule has 0 bridgehead atoms. The molecule has 1 atom stereocenters. The molecule has 3 aliphatic heterocycles. The SMILES string of the molecule is O=C(CN1CCOCCOCCOCCOc2cc(C3=C4C=C(F)C(O)C=C4Oc4cc(O)c(F)cc43)ccc21)ON1C(=O)CCC1=O. The molecule has 1 fully saturated rings. The number of hydrogen-bond acceptors (Lipinski definition) is 12. The summed E-state index contributed by atoms with van der Waals surface area (Å²) in [5.41, 5.74) is 1.55. The molecule has 2 N–H and O–H groups in total. The van der Waals surface area contributed by atoms with Gasteiger partial charge in [0.05, 0.1) is 45.3 Å². The lowest BCUT2D eigenvalue weighted by Gasteiger charge is -2.29. The Morgan fingerprint density at radius 3 is 2.33 bits per heavy atom. The van der Waals surface area contributed by atoms with Crippen molar-refractivity contribution in [3.05, 3.63) is 76.6 Å². The average molecular weight is 671 g/mol. The normalized spacial score (nSPS) is 20.7. The number of aromatic hydroxyl groups is 1. The molecule has 0 aromatic heterocycles. The summed E-state index contributed by atoms with van der Waals surface area (Å²) >= 11 is 0. The lowest BCUT2D eigenvalue weighted by Crippen LogP contribution is -2.39. The van der Waals surface area contributed by atoms with Crippen LogP contribution in [-0.2, 0) is 33.4 Å². The Morgan fingerprint density at radius 2 is 1.60 bits per heavy atom. The third-order valence-electron chi connectivity index (χ3n) is 7.79. The van der Waals surface area contributed by atoms with E-state index in [0.717, 1.165) is 24.3 Å². The third kappa shape index (κ3) is 7.18. The molecule has 1 unspecified atom stereocenters. The average Bonchev–Trinajstić information content (AvgIpc) is 3.36. The fourth-order valence-corrected chi connectivity index (χ4v) is 5.49. The molecular formula is C33H32F2N2O11. The molecule has 0 spiro atoms. The van der Waals surface area contributed by atoms with Gasteiger partial charge in [0.25, 0.3) is 11.8 Å². The topological polar surface area (TPSA) is 154 Å². The molecule has 3 heterocycles. The number of amides is 2. The number of carbonyl (C=O) groups excluding carboxylic acids is 3. The lowest BCUT2D eigenvalue weighted by molar-refractivity contribution is -0.196. The van der Waals surface area contributed by atoms with E-state index < -0.39 is 47.8 Å². The first-order valence-electron chi connectivity index (χ1n) is 15.2. The number of nitrogens with zero attached hydrogens (tertiary/aromatic N) is 2. The first-order valence-corrected chi connectivity index (χ1v) is 15.2. The Hall–Kier alpha value is -4.83. The van der Waals surface area contributed by atoms with Crippen LogP contribution >= 0.6 is 0 Å². The summed E-state index contributed by atoms with van der Waals surface area (Å²) < 4.78 is 58.2. The number of anilines is 1. The summed E-state index contributed by atoms with van der Waals surface area (Å²) in [6.45, 7) is 1.40. The summed E-state index contributed by atoms with van der Waals surface area (Å²) in [6, 6.07) is 7.04. The second kappa shape index (κ2) is 14.5. The summed E-state index contributed by atoms with van der Waals surface area (Å²) in [4.78, 5) is 43.9. The molecule has 0 radical (unpaired) electrons. The number of phenols is 1. The van der Waals surface area contributed by atoms with E-state index in [1.54, 1.807) is 23.1 Å². The van der Waals surface area contributed by atoms with Crippen molar-refractivity contribution in [1.29, 1.82) is 0 Å². The van der Waals surface area contributed by atoms with Gasteiger partial charge in [0.2, 0.25) is 0 Å². The number of aliphatic hydroxyl groups is 1. The van der Waals surface area contributed by atoms with Gasteiger partial charge in [0.15, 0.2) is 11.6 Å². The highest BCUT2D eigenvalue weighted by molar-refractivity contribution is 6.01. The van der Waals surface area contributed by atoms with Gasteiger partial charge in [-0.2, -0.15) is 0 Å². The van der Waals surface area contributed by atoms with E-state index in [4.69, 9.17) is 28.5 Å². The summed E-state index contributed by atoms with van der Waals surface area (Å²) in [5, 5.41) is 20.7. The molecule has 13 nitrogen and oxygen atoms in total. The van der Waals surface area contributed by atoms with E-state index >= 15 is 0 Å². The van der Waals surface area contributed by atoms with Crippen molar-refractivity contribution in [3.8, 4) is 17.2 Å². The Bertz CT molecular complexity index is 1690. The summed E-state index contributed by atoms with van der Waals surface area (Å²) in [7, 11) is 0. The molecule has 2 amide bonds. The first kappa shape index (κ1) is 33.1. The second-order valence-corrected chi connectivity index (χ2v) is 11.0. The summed E-state index contributed by atoms with van der Waals surface area (Å²) in [5.74, 6) is -4.16. The molecule has 6 rings (SSSR count). The Kier molecular flexibility index (Phi) is 10.0. The maximum absolute atomic E-state index is 14.7. The van der Waals surface area contributed by atoms with Crippen LogP contribution in [0, 0.1) is 5.82 Å². The summed E-state index contributed by atoms with van der Waals surface area (Å²) in [6.07, 6.45) is 0.576. The van der Waals surface area contributed by atoms with Crippen LogP contribution in [0.4, 0.5) is 14.5 Å². The number of allylic oxidation sites excluding steroid dienone is 1. The van der Waals surface area contributed by atoms with Crippen molar-refractivity contribution in [2.75, 3.05) is 64.2 Å². The molecule has 2 aromatic rings. The number of halogens is 2. The van der Waals surface area contributed by atoms with Crippen molar-refractivity contribution in [2.24, 2.45) is 0 Å². The van der Waals surface area contributed by atoms with Gasteiger partial charge in [0.1, 0.15) is 42.3 Å². The van der Waals surface area contributed by atoms with Crippen molar-refractivity contribution in [1.82, 2.24) is 5.06 Å². The minimum absolute atomic E-state index is 0.0578. The minimum atomic E-state index is -1.56. The fraction of sp³-hybridized carbons (Fsp3) is 0.364. The first-order chi connectivity index (χ1) is 23.2. The molecule has 2 aromatic carbocycles. The maximum Gasteiger partial charge on any atom is 0.352 e. The smallest absolute Gasteiger partial charge is 0.352 e.